The van der Waals surface area contributed by atoms with Crippen LogP contribution in [0.15, 0.2) is 29.6 Å². The van der Waals surface area contributed by atoms with Crippen molar-refractivity contribution in [2.75, 3.05) is 5.32 Å². The van der Waals surface area contributed by atoms with E-state index < -0.39 is 12.1 Å². The molecule has 1 aromatic heterocycles. The van der Waals surface area contributed by atoms with Gasteiger partial charge in [-0.25, -0.2) is 9.78 Å². The van der Waals surface area contributed by atoms with Crippen LogP contribution in [0, 0.1) is 0 Å². The number of nitrogens with zero attached hydrogens (tertiary/aromatic N) is 2. The smallest absolute Gasteiger partial charge is 0.325 e. The molecule has 29 heavy (non-hydrogen) atoms. The number of thiazole rings is 1. The Balaban J connectivity index is 1.54. The molecule has 154 valence electrons. The van der Waals surface area contributed by atoms with E-state index in [4.69, 9.17) is 11.6 Å². The molecule has 1 aliphatic heterocycles. The molecular formula is C20H23ClN4O3S. The van der Waals surface area contributed by atoms with Crippen molar-refractivity contribution in [3.05, 3.63) is 45.9 Å². The molecular weight excluding hydrogens is 412 g/mol. The van der Waals surface area contributed by atoms with Crippen LogP contribution in [0.4, 0.5) is 9.93 Å². The highest BCUT2D eigenvalue weighted by atomic mass is 35.5. The van der Waals surface area contributed by atoms with E-state index >= 15 is 0 Å². The van der Waals surface area contributed by atoms with Crippen molar-refractivity contribution < 1.29 is 14.4 Å². The van der Waals surface area contributed by atoms with Gasteiger partial charge in [0.25, 0.3) is 5.91 Å². The number of nitrogens with one attached hydrogen (secondary N) is 2. The zero-order valence-corrected chi connectivity index (χ0v) is 18.1. The van der Waals surface area contributed by atoms with E-state index in [-0.39, 0.29) is 36.6 Å². The minimum Gasteiger partial charge on any atom is -0.326 e. The highest BCUT2D eigenvalue weighted by Gasteiger charge is 2.38. The van der Waals surface area contributed by atoms with E-state index in [0.717, 1.165) is 10.6 Å². The Morgan fingerprint density at radius 2 is 2.03 bits per heavy atom. The van der Waals surface area contributed by atoms with Gasteiger partial charge in [0.1, 0.15) is 6.04 Å². The minimum absolute atomic E-state index is 0.0921. The highest BCUT2D eigenvalue weighted by molar-refractivity contribution is 7.13. The lowest BCUT2D eigenvalue weighted by Crippen LogP contribution is -2.31. The highest BCUT2D eigenvalue weighted by Crippen LogP contribution is 2.26. The van der Waals surface area contributed by atoms with Crippen LogP contribution in [-0.4, -0.2) is 33.8 Å². The van der Waals surface area contributed by atoms with Crippen molar-refractivity contribution in [2.24, 2.45) is 0 Å². The lowest BCUT2D eigenvalue weighted by molar-refractivity contribution is -0.128. The number of rotatable bonds is 6. The maximum Gasteiger partial charge on any atom is 0.325 e. The summed E-state index contributed by atoms with van der Waals surface area (Å²) in [6, 6.07) is 5.86. The summed E-state index contributed by atoms with van der Waals surface area (Å²) in [5.41, 5.74) is 1.51. The van der Waals surface area contributed by atoms with Crippen molar-refractivity contribution in [2.45, 2.75) is 51.6 Å². The fourth-order valence-electron chi connectivity index (χ4n) is 2.85. The number of hydrogen-bond donors (Lipinski definition) is 2. The van der Waals surface area contributed by atoms with Crippen molar-refractivity contribution in [1.82, 2.24) is 15.2 Å². The number of halogens is 1. The van der Waals surface area contributed by atoms with Gasteiger partial charge in [-0.2, -0.15) is 0 Å². The van der Waals surface area contributed by atoms with Gasteiger partial charge in [-0.1, -0.05) is 50.6 Å². The number of imide groups is 1. The molecule has 0 radical (unpaired) electrons. The molecule has 4 amide bonds. The van der Waals surface area contributed by atoms with Gasteiger partial charge in [0.2, 0.25) is 5.91 Å². The largest absolute Gasteiger partial charge is 0.326 e. The van der Waals surface area contributed by atoms with Crippen molar-refractivity contribution in [3.63, 3.8) is 0 Å². The van der Waals surface area contributed by atoms with Crippen LogP contribution in [0.2, 0.25) is 5.02 Å². The van der Waals surface area contributed by atoms with Gasteiger partial charge in [0.15, 0.2) is 5.13 Å². The van der Waals surface area contributed by atoms with E-state index in [9.17, 15) is 14.4 Å². The van der Waals surface area contributed by atoms with Gasteiger partial charge >= 0.3 is 6.03 Å². The second-order valence-electron chi connectivity index (χ2n) is 7.89. The normalized spacial score (nSPS) is 16.8. The first-order chi connectivity index (χ1) is 13.6. The third kappa shape index (κ3) is 5.13. The van der Waals surface area contributed by atoms with Crippen LogP contribution in [0.5, 0.6) is 0 Å². The Hall–Kier alpha value is -2.45. The van der Waals surface area contributed by atoms with Crippen LogP contribution in [0.3, 0.4) is 0 Å². The maximum atomic E-state index is 12.6. The Bertz CT molecular complexity index is 938. The first-order valence-corrected chi connectivity index (χ1v) is 10.5. The van der Waals surface area contributed by atoms with Gasteiger partial charge in [0.05, 0.1) is 12.2 Å². The van der Waals surface area contributed by atoms with Crippen molar-refractivity contribution in [3.8, 4) is 0 Å². The predicted molar refractivity (Wildman–Crippen MR) is 113 cm³/mol. The standard InChI is InChI=1S/C20H23ClN4O3S/c1-20(2,3)15-11-29-18(23-15)24-16(26)9-8-14-17(27)25(19(28)22-14)10-12-6-4-5-7-13(12)21/h4-7,11,14H,8-10H2,1-3H3,(H,22,28)(H,23,24,26)/t14-/m0/s1. The first kappa shape index (κ1) is 21.3. The number of anilines is 1. The summed E-state index contributed by atoms with van der Waals surface area (Å²) in [4.78, 5) is 42.5. The van der Waals surface area contributed by atoms with Gasteiger partial charge in [-0.15, -0.1) is 11.3 Å². The Morgan fingerprint density at radius 3 is 2.69 bits per heavy atom. The zero-order valence-electron chi connectivity index (χ0n) is 16.5. The van der Waals surface area contributed by atoms with E-state index in [0.29, 0.717) is 15.7 Å². The third-order valence-electron chi connectivity index (χ3n) is 4.57. The van der Waals surface area contributed by atoms with Gasteiger partial charge in [-0.3, -0.25) is 14.5 Å². The molecule has 2 heterocycles. The molecule has 0 unspecified atom stereocenters. The average Bonchev–Trinajstić information content (AvgIpc) is 3.21. The average molecular weight is 435 g/mol. The molecule has 2 aromatic rings. The van der Waals surface area contributed by atoms with Crippen LogP contribution < -0.4 is 10.6 Å². The molecule has 1 saturated heterocycles. The maximum absolute atomic E-state index is 12.6. The second-order valence-corrected chi connectivity index (χ2v) is 9.16. The number of carbonyl (C=O) groups excluding carboxylic acids is 3. The molecule has 1 aliphatic rings. The molecule has 0 bridgehead atoms. The molecule has 3 rings (SSSR count). The molecule has 1 fully saturated rings. The lowest BCUT2D eigenvalue weighted by Gasteiger charge is -2.14. The summed E-state index contributed by atoms with van der Waals surface area (Å²) in [5, 5.41) is 8.34. The molecule has 7 nitrogen and oxygen atoms in total. The molecule has 9 heteroatoms. The number of aromatic nitrogens is 1. The number of carbonyl (C=O) groups is 3. The molecule has 0 spiro atoms. The summed E-state index contributed by atoms with van der Waals surface area (Å²) in [6.45, 7) is 6.25. The van der Waals surface area contributed by atoms with E-state index in [2.05, 4.69) is 36.4 Å². The quantitative estimate of drug-likeness (QED) is 0.674. The SMILES string of the molecule is CC(C)(C)c1csc(NC(=O)CC[C@@H]2NC(=O)N(Cc3ccccc3Cl)C2=O)n1. The van der Waals surface area contributed by atoms with Crippen molar-refractivity contribution in [1.29, 1.82) is 0 Å². The number of hydrogen-bond acceptors (Lipinski definition) is 5. The number of amides is 4. The van der Waals surface area contributed by atoms with E-state index in [1.807, 2.05) is 5.38 Å². The van der Waals surface area contributed by atoms with Crippen LogP contribution in [-0.2, 0) is 21.5 Å². The van der Waals surface area contributed by atoms with Gasteiger partial charge in [0, 0.05) is 22.2 Å². The van der Waals surface area contributed by atoms with Crippen LogP contribution >= 0.6 is 22.9 Å². The summed E-state index contributed by atoms with van der Waals surface area (Å²) in [7, 11) is 0. The monoisotopic (exact) mass is 434 g/mol. The Labute approximate surface area is 178 Å². The number of benzene rings is 1. The summed E-state index contributed by atoms with van der Waals surface area (Å²) < 4.78 is 0. The minimum atomic E-state index is -0.725. The van der Waals surface area contributed by atoms with Gasteiger partial charge in [-0.05, 0) is 18.1 Å². The predicted octanol–water partition coefficient (Wildman–Crippen LogP) is 3.93. The molecule has 1 atom stereocenters. The first-order valence-electron chi connectivity index (χ1n) is 9.26. The topological polar surface area (TPSA) is 91.4 Å². The van der Waals surface area contributed by atoms with Gasteiger partial charge < -0.3 is 10.6 Å². The van der Waals surface area contributed by atoms with Crippen LogP contribution in [0.25, 0.3) is 0 Å². The fourth-order valence-corrected chi connectivity index (χ4v) is 4.00. The van der Waals surface area contributed by atoms with Crippen LogP contribution in [0.1, 0.15) is 44.9 Å². The second kappa shape index (κ2) is 8.51. The zero-order chi connectivity index (χ0) is 21.2. The Morgan fingerprint density at radius 1 is 1.31 bits per heavy atom. The Kier molecular flexibility index (Phi) is 6.24. The van der Waals surface area contributed by atoms with Crippen molar-refractivity contribution >= 4 is 45.9 Å². The summed E-state index contributed by atoms with van der Waals surface area (Å²) >= 11 is 7.48. The third-order valence-corrected chi connectivity index (χ3v) is 5.70. The number of urea groups is 1. The lowest BCUT2D eigenvalue weighted by atomic mass is 9.93. The molecule has 1 aromatic carbocycles. The fraction of sp³-hybridized carbons (Fsp3) is 0.400. The summed E-state index contributed by atoms with van der Waals surface area (Å²) in [5.74, 6) is -0.599. The molecule has 2 N–H and O–H groups in total. The molecule has 0 saturated carbocycles. The van der Waals surface area contributed by atoms with E-state index in [1.54, 1.807) is 24.3 Å². The molecule has 0 aliphatic carbocycles. The van der Waals surface area contributed by atoms with E-state index in [1.165, 1.54) is 11.3 Å². The summed E-state index contributed by atoms with van der Waals surface area (Å²) in [6.07, 6.45) is 0.313.